The Hall–Kier alpha value is -0.610. The fourth-order valence-electron chi connectivity index (χ4n) is 0.627. The van der Waals surface area contributed by atoms with E-state index in [1.165, 1.54) is 0 Å². The van der Waals surface area contributed by atoms with Crippen LogP contribution < -0.4 is 0 Å². The van der Waals surface area contributed by atoms with Crippen molar-refractivity contribution in [3.05, 3.63) is 0 Å². The molecule has 0 saturated heterocycles. The van der Waals surface area contributed by atoms with Crippen molar-refractivity contribution in [1.82, 2.24) is 0 Å². The van der Waals surface area contributed by atoms with E-state index in [1.54, 1.807) is 6.92 Å². The molecule has 4 heteroatoms. The summed E-state index contributed by atoms with van der Waals surface area (Å²) in [5.74, 6) is -1.07. The molecule has 0 amide bonds. The van der Waals surface area contributed by atoms with Crippen LogP contribution in [0, 0.1) is 0 Å². The lowest BCUT2D eigenvalue weighted by atomic mass is 10.3. The highest BCUT2D eigenvalue weighted by Crippen LogP contribution is 2.03. The largest absolute Gasteiger partial charge is 0.477 e. The number of hydrogen-bond acceptors (Lipinski definition) is 3. The normalized spacial score (nSPS) is 15.6. The highest BCUT2D eigenvalue weighted by atomic mass is 16.7. The maximum atomic E-state index is 10.5. The summed E-state index contributed by atoms with van der Waals surface area (Å²) in [4.78, 5) is 10.5. The maximum Gasteiger partial charge on any atom is 0.361 e. The van der Waals surface area contributed by atoms with Crippen LogP contribution in [0.2, 0.25) is 0 Å². The van der Waals surface area contributed by atoms with Crippen LogP contribution in [0.4, 0.5) is 0 Å². The van der Waals surface area contributed by atoms with Crippen LogP contribution in [0.1, 0.15) is 27.2 Å². The van der Waals surface area contributed by atoms with Crippen molar-refractivity contribution < 1.29 is 19.4 Å². The van der Waals surface area contributed by atoms with Gasteiger partial charge in [-0.15, -0.1) is 0 Å². The standard InChI is InChI=1S/C8H16O4/c1-4-6(3)12-8(7(9)10)11-5-2/h6,8H,4-5H2,1-3H3,(H,9,10). The second kappa shape index (κ2) is 5.97. The van der Waals surface area contributed by atoms with E-state index in [1.807, 2.05) is 13.8 Å². The van der Waals surface area contributed by atoms with Gasteiger partial charge in [-0.2, -0.15) is 0 Å². The Balaban J connectivity index is 3.86. The van der Waals surface area contributed by atoms with E-state index in [2.05, 4.69) is 0 Å². The van der Waals surface area contributed by atoms with E-state index < -0.39 is 12.3 Å². The van der Waals surface area contributed by atoms with Gasteiger partial charge in [0.15, 0.2) is 0 Å². The number of ether oxygens (including phenoxy) is 2. The minimum atomic E-state index is -1.12. The van der Waals surface area contributed by atoms with Gasteiger partial charge in [-0.1, -0.05) is 6.92 Å². The number of aliphatic carboxylic acids is 1. The summed E-state index contributed by atoms with van der Waals surface area (Å²) in [6, 6.07) is 0. The van der Waals surface area contributed by atoms with Crippen molar-refractivity contribution in [1.29, 1.82) is 0 Å². The Bertz CT molecular complexity index is 135. The molecule has 0 aliphatic rings. The molecule has 72 valence electrons. The van der Waals surface area contributed by atoms with Crippen molar-refractivity contribution in [2.24, 2.45) is 0 Å². The molecule has 12 heavy (non-hydrogen) atoms. The van der Waals surface area contributed by atoms with Gasteiger partial charge in [-0.25, -0.2) is 4.79 Å². The molecule has 4 nitrogen and oxygen atoms in total. The molecule has 2 atom stereocenters. The molecule has 0 radical (unpaired) electrons. The van der Waals surface area contributed by atoms with Crippen LogP contribution in [-0.4, -0.2) is 30.1 Å². The first-order chi connectivity index (χ1) is 5.61. The molecule has 0 heterocycles. The summed E-state index contributed by atoms with van der Waals surface area (Å²) in [6.45, 7) is 5.81. The molecule has 0 saturated carbocycles. The van der Waals surface area contributed by atoms with Crippen molar-refractivity contribution in [2.45, 2.75) is 39.6 Å². The average molecular weight is 176 g/mol. The number of carboxylic acids is 1. The SMILES string of the molecule is CCOC(OC(C)CC)C(=O)O. The van der Waals surface area contributed by atoms with E-state index in [0.29, 0.717) is 6.61 Å². The molecule has 0 aromatic rings. The van der Waals surface area contributed by atoms with Gasteiger partial charge in [0.1, 0.15) is 0 Å². The van der Waals surface area contributed by atoms with Gasteiger partial charge >= 0.3 is 5.97 Å². The zero-order valence-electron chi connectivity index (χ0n) is 7.74. The molecule has 2 unspecified atom stereocenters. The summed E-state index contributed by atoms with van der Waals surface area (Å²) < 4.78 is 9.93. The summed E-state index contributed by atoms with van der Waals surface area (Å²) in [5, 5.41) is 8.60. The third kappa shape index (κ3) is 4.31. The monoisotopic (exact) mass is 176 g/mol. The zero-order chi connectivity index (χ0) is 9.56. The van der Waals surface area contributed by atoms with Crippen LogP contribution in [0.15, 0.2) is 0 Å². The lowest BCUT2D eigenvalue weighted by Gasteiger charge is -2.17. The Morgan fingerprint density at radius 2 is 2.08 bits per heavy atom. The minimum absolute atomic E-state index is 0.0855. The Kier molecular flexibility index (Phi) is 5.66. The molecular formula is C8H16O4. The predicted octanol–water partition coefficient (Wildman–Crippen LogP) is 1.25. The molecule has 0 spiro atoms. The molecule has 0 bridgehead atoms. The minimum Gasteiger partial charge on any atom is -0.477 e. The second-order valence-corrected chi connectivity index (χ2v) is 2.48. The van der Waals surface area contributed by atoms with Crippen LogP contribution in [0.25, 0.3) is 0 Å². The van der Waals surface area contributed by atoms with Gasteiger partial charge in [0.2, 0.25) is 0 Å². The molecule has 1 N–H and O–H groups in total. The maximum absolute atomic E-state index is 10.5. The van der Waals surface area contributed by atoms with Crippen molar-refractivity contribution in [3.8, 4) is 0 Å². The molecule has 0 rings (SSSR count). The van der Waals surface area contributed by atoms with E-state index in [0.717, 1.165) is 6.42 Å². The quantitative estimate of drug-likeness (QED) is 0.619. The predicted molar refractivity (Wildman–Crippen MR) is 43.9 cm³/mol. The van der Waals surface area contributed by atoms with Crippen molar-refractivity contribution in [3.63, 3.8) is 0 Å². The van der Waals surface area contributed by atoms with E-state index in [9.17, 15) is 4.79 Å². The first-order valence-corrected chi connectivity index (χ1v) is 4.11. The number of hydrogen-bond donors (Lipinski definition) is 1. The van der Waals surface area contributed by atoms with Gasteiger partial charge in [0.05, 0.1) is 6.10 Å². The molecule has 0 aromatic heterocycles. The molecular weight excluding hydrogens is 160 g/mol. The average Bonchev–Trinajstić information content (AvgIpc) is 2.03. The summed E-state index contributed by atoms with van der Waals surface area (Å²) in [5.41, 5.74) is 0. The van der Waals surface area contributed by atoms with E-state index in [-0.39, 0.29) is 6.10 Å². The summed E-state index contributed by atoms with van der Waals surface area (Å²) in [7, 11) is 0. The Morgan fingerprint density at radius 3 is 2.42 bits per heavy atom. The zero-order valence-corrected chi connectivity index (χ0v) is 7.74. The van der Waals surface area contributed by atoms with Gasteiger partial charge in [0.25, 0.3) is 6.29 Å². The third-order valence-electron chi connectivity index (χ3n) is 1.45. The molecule has 0 aliphatic heterocycles. The van der Waals surface area contributed by atoms with Crippen molar-refractivity contribution in [2.75, 3.05) is 6.61 Å². The third-order valence-corrected chi connectivity index (χ3v) is 1.45. The lowest BCUT2D eigenvalue weighted by molar-refractivity contribution is -0.198. The highest BCUT2D eigenvalue weighted by Gasteiger charge is 2.19. The number of carbonyl (C=O) groups is 1. The summed E-state index contributed by atoms with van der Waals surface area (Å²) >= 11 is 0. The first kappa shape index (κ1) is 11.4. The van der Waals surface area contributed by atoms with E-state index in [4.69, 9.17) is 14.6 Å². The summed E-state index contributed by atoms with van der Waals surface area (Å²) in [6.07, 6.45) is -0.431. The fraction of sp³-hybridized carbons (Fsp3) is 0.875. The lowest BCUT2D eigenvalue weighted by Crippen LogP contribution is -2.30. The van der Waals surface area contributed by atoms with Crippen LogP contribution in [-0.2, 0) is 14.3 Å². The van der Waals surface area contributed by atoms with Gasteiger partial charge in [-0.05, 0) is 20.3 Å². The molecule has 0 aromatic carbocycles. The topological polar surface area (TPSA) is 55.8 Å². The number of rotatable bonds is 6. The van der Waals surface area contributed by atoms with E-state index >= 15 is 0 Å². The first-order valence-electron chi connectivity index (χ1n) is 4.11. The molecule has 0 aliphatic carbocycles. The number of carboxylic acid groups (broad SMARTS) is 1. The smallest absolute Gasteiger partial charge is 0.361 e. The van der Waals surface area contributed by atoms with Gasteiger partial charge < -0.3 is 14.6 Å². The van der Waals surface area contributed by atoms with Gasteiger partial charge in [0, 0.05) is 6.61 Å². The highest BCUT2D eigenvalue weighted by molar-refractivity contribution is 5.70. The second-order valence-electron chi connectivity index (χ2n) is 2.48. The van der Waals surface area contributed by atoms with Crippen LogP contribution in [0.5, 0.6) is 0 Å². The Labute approximate surface area is 72.5 Å². The van der Waals surface area contributed by atoms with Gasteiger partial charge in [-0.3, -0.25) is 0 Å². The van der Waals surface area contributed by atoms with Crippen LogP contribution in [0.3, 0.4) is 0 Å². The molecule has 0 fully saturated rings. The Morgan fingerprint density at radius 1 is 1.50 bits per heavy atom. The fourth-order valence-corrected chi connectivity index (χ4v) is 0.627. The van der Waals surface area contributed by atoms with Crippen molar-refractivity contribution >= 4 is 5.97 Å². The van der Waals surface area contributed by atoms with Crippen LogP contribution >= 0.6 is 0 Å².